The van der Waals surface area contributed by atoms with Crippen LogP contribution in [0.1, 0.15) is 5.56 Å². The topological polar surface area (TPSA) is 88.0 Å². The average molecular weight is 410 g/mol. The van der Waals surface area contributed by atoms with Crippen LogP contribution in [-0.4, -0.2) is 56.9 Å². The lowest BCUT2D eigenvalue weighted by Crippen LogP contribution is -2.32. The van der Waals surface area contributed by atoms with Crippen molar-refractivity contribution in [3.8, 4) is 5.95 Å². The fourth-order valence-corrected chi connectivity index (χ4v) is 3.96. The van der Waals surface area contributed by atoms with Crippen molar-refractivity contribution in [3.05, 3.63) is 60.7 Å². The standard InChI is InChI=1S/C20H23N7OS/c28-20(21-7-6-16-4-2-1-3-5-16)25-17-12-24-27(15-17)19-22-13-18(14-23-19)26-8-10-29-11-9-26/h1-5,12-15H,6-11H2,(H2,21,25,28). The Labute approximate surface area is 173 Å². The second-order valence-electron chi connectivity index (χ2n) is 6.63. The van der Waals surface area contributed by atoms with E-state index in [0.717, 1.165) is 36.7 Å². The van der Waals surface area contributed by atoms with E-state index < -0.39 is 0 Å². The number of hydrogen-bond donors (Lipinski definition) is 2. The second-order valence-corrected chi connectivity index (χ2v) is 7.86. The number of benzene rings is 1. The Balaban J connectivity index is 1.29. The van der Waals surface area contributed by atoms with E-state index in [-0.39, 0.29) is 6.03 Å². The number of hydrogen-bond acceptors (Lipinski definition) is 6. The van der Waals surface area contributed by atoms with Crippen LogP contribution < -0.4 is 15.5 Å². The van der Waals surface area contributed by atoms with Gasteiger partial charge < -0.3 is 15.5 Å². The molecule has 3 aromatic rings. The highest BCUT2D eigenvalue weighted by Gasteiger charge is 2.13. The quantitative estimate of drug-likeness (QED) is 0.651. The van der Waals surface area contributed by atoms with Gasteiger partial charge in [-0.1, -0.05) is 30.3 Å². The minimum absolute atomic E-state index is 0.264. The third-order valence-corrected chi connectivity index (χ3v) is 5.53. The monoisotopic (exact) mass is 409 g/mol. The van der Waals surface area contributed by atoms with Crippen LogP contribution in [0.3, 0.4) is 0 Å². The van der Waals surface area contributed by atoms with E-state index in [0.29, 0.717) is 18.2 Å². The molecule has 0 atom stereocenters. The Hall–Kier alpha value is -3.07. The number of thioether (sulfide) groups is 1. The molecule has 1 aliphatic heterocycles. The van der Waals surface area contributed by atoms with E-state index in [4.69, 9.17) is 0 Å². The van der Waals surface area contributed by atoms with Crippen molar-refractivity contribution >= 4 is 29.2 Å². The zero-order chi connectivity index (χ0) is 19.9. The maximum absolute atomic E-state index is 12.1. The van der Waals surface area contributed by atoms with E-state index in [2.05, 4.69) is 30.6 Å². The molecule has 8 nitrogen and oxygen atoms in total. The number of nitrogens with zero attached hydrogens (tertiary/aromatic N) is 5. The van der Waals surface area contributed by atoms with Gasteiger partial charge >= 0.3 is 6.03 Å². The molecule has 1 saturated heterocycles. The third-order valence-electron chi connectivity index (χ3n) is 4.59. The predicted octanol–water partition coefficient (Wildman–Crippen LogP) is 2.58. The van der Waals surface area contributed by atoms with Crippen LogP contribution in [-0.2, 0) is 6.42 Å². The van der Waals surface area contributed by atoms with Crippen molar-refractivity contribution in [2.24, 2.45) is 0 Å². The molecule has 9 heteroatoms. The highest BCUT2D eigenvalue weighted by molar-refractivity contribution is 7.99. The summed E-state index contributed by atoms with van der Waals surface area (Å²) in [6.45, 7) is 2.59. The summed E-state index contributed by atoms with van der Waals surface area (Å²) in [5, 5.41) is 9.87. The van der Waals surface area contributed by atoms with Gasteiger partial charge in [-0.2, -0.15) is 16.9 Å². The zero-order valence-corrected chi connectivity index (χ0v) is 16.8. The molecule has 1 aliphatic rings. The van der Waals surface area contributed by atoms with Gasteiger partial charge in [0.05, 0.1) is 36.2 Å². The molecule has 2 aromatic heterocycles. The van der Waals surface area contributed by atoms with Gasteiger partial charge in [0.15, 0.2) is 0 Å². The van der Waals surface area contributed by atoms with E-state index in [1.54, 1.807) is 17.1 Å². The molecule has 1 aromatic carbocycles. The Morgan fingerprint density at radius 3 is 2.59 bits per heavy atom. The first-order valence-corrected chi connectivity index (χ1v) is 10.7. The maximum atomic E-state index is 12.1. The lowest BCUT2D eigenvalue weighted by molar-refractivity contribution is 0.252. The van der Waals surface area contributed by atoms with Gasteiger partial charge in [0.1, 0.15) is 0 Å². The number of carbonyl (C=O) groups excluding carboxylic acids is 1. The zero-order valence-electron chi connectivity index (χ0n) is 16.0. The highest BCUT2D eigenvalue weighted by Crippen LogP contribution is 2.18. The molecule has 150 valence electrons. The molecule has 2 amide bonds. The second kappa shape index (κ2) is 9.42. The fourth-order valence-electron chi connectivity index (χ4n) is 3.05. The Morgan fingerprint density at radius 1 is 1.07 bits per heavy atom. The summed E-state index contributed by atoms with van der Waals surface area (Å²) >= 11 is 1.97. The van der Waals surface area contributed by atoms with Crippen molar-refractivity contribution in [2.45, 2.75) is 6.42 Å². The minimum atomic E-state index is -0.264. The number of anilines is 2. The number of rotatable bonds is 6. The van der Waals surface area contributed by atoms with Crippen LogP contribution in [0.15, 0.2) is 55.1 Å². The first kappa shape index (κ1) is 19.3. The molecule has 3 heterocycles. The van der Waals surface area contributed by atoms with Gasteiger partial charge in [0.2, 0.25) is 0 Å². The Kier molecular flexibility index (Phi) is 6.25. The average Bonchev–Trinajstić information content (AvgIpc) is 3.23. The summed E-state index contributed by atoms with van der Waals surface area (Å²) in [6, 6.07) is 9.78. The summed E-state index contributed by atoms with van der Waals surface area (Å²) in [4.78, 5) is 23.2. The van der Waals surface area contributed by atoms with Crippen molar-refractivity contribution in [1.82, 2.24) is 25.1 Å². The molecule has 0 saturated carbocycles. The first-order chi connectivity index (χ1) is 14.3. The molecule has 0 spiro atoms. The van der Waals surface area contributed by atoms with Crippen LogP contribution >= 0.6 is 11.8 Å². The highest BCUT2D eigenvalue weighted by atomic mass is 32.2. The number of aromatic nitrogens is 4. The molecule has 0 radical (unpaired) electrons. The summed E-state index contributed by atoms with van der Waals surface area (Å²) in [5.74, 6) is 2.73. The summed E-state index contributed by atoms with van der Waals surface area (Å²) in [6.07, 6.45) is 7.70. The number of amides is 2. The van der Waals surface area contributed by atoms with Crippen molar-refractivity contribution in [2.75, 3.05) is 41.4 Å². The lowest BCUT2D eigenvalue weighted by atomic mass is 10.1. The fraction of sp³-hybridized carbons (Fsp3) is 0.300. The largest absolute Gasteiger partial charge is 0.367 e. The van der Waals surface area contributed by atoms with Gasteiger partial charge in [-0.15, -0.1) is 0 Å². The number of nitrogens with one attached hydrogen (secondary N) is 2. The van der Waals surface area contributed by atoms with Gasteiger partial charge in [0.25, 0.3) is 5.95 Å². The first-order valence-electron chi connectivity index (χ1n) is 9.56. The predicted molar refractivity (Wildman–Crippen MR) is 116 cm³/mol. The van der Waals surface area contributed by atoms with Crippen molar-refractivity contribution in [1.29, 1.82) is 0 Å². The maximum Gasteiger partial charge on any atom is 0.319 e. The van der Waals surface area contributed by atoms with Crippen molar-refractivity contribution < 1.29 is 4.79 Å². The molecule has 4 rings (SSSR count). The summed E-state index contributed by atoms with van der Waals surface area (Å²) < 4.78 is 1.55. The number of carbonyl (C=O) groups is 1. The molecule has 1 fully saturated rings. The smallest absolute Gasteiger partial charge is 0.319 e. The molecule has 0 bridgehead atoms. The van der Waals surface area contributed by atoms with Crippen molar-refractivity contribution in [3.63, 3.8) is 0 Å². The van der Waals surface area contributed by atoms with Crippen LogP contribution in [0.4, 0.5) is 16.2 Å². The molecular weight excluding hydrogens is 386 g/mol. The van der Waals surface area contributed by atoms with Gasteiger partial charge in [0, 0.05) is 31.1 Å². The van der Waals surface area contributed by atoms with E-state index in [1.807, 2.05) is 54.5 Å². The molecule has 29 heavy (non-hydrogen) atoms. The normalized spacial score (nSPS) is 13.9. The Bertz CT molecular complexity index is 924. The Morgan fingerprint density at radius 2 is 1.83 bits per heavy atom. The van der Waals surface area contributed by atoms with Crippen LogP contribution in [0, 0.1) is 0 Å². The minimum Gasteiger partial charge on any atom is -0.367 e. The summed E-state index contributed by atoms with van der Waals surface area (Å²) in [5.41, 5.74) is 2.80. The lowest BCUT2D eigenvalue weighted by Gasteiger charge is -2.27. The third kappa shape index (κ3) is 5.26. The van der Waals surface area contributed by atoms with Gasteiger partial charge in [-0.25, -0.2) is 19.4 Å². The molecule has 2 N–H and O–H groups in total. The molecular formula is C20H23N7OS. The van der Waals surface area contributed by atoms with Gasteiger partial charge in [-0.3, -0.25) is 0 Å². The van der Waals surface area contributed by atoms with E-state index >= 15 is 0 Å². The molecule has 0 aliphatic carbocycles. The van der Waals surface area contributed by atoms with E-state index in [9.17, 15) is 4.79 Å². The van der Waals surface area contributed by atoms with Gasteiger partial charge in [-0.05, 0) is 12.0 Å². The SMILES string of the molecule is O=C(NCCc1ccccc1)Nc1cnn(-c2ncc(N3CCSCC3)cn2)c1. The van der Waals surface area contributed by atoms with Crippen LogP contribution in [0.2, 0.25) is 0 Å². The van der Waals surface area contributed by atoms with E-state index in [1.165, 1.54) is 5.56 Å². The molecule has 0 unspecified atom stereocenters. The van der Waals surface area contributed by atoms with Crippen LogP contribution in [0.25, 0.3) is 5.95 Å². The van der Waals surface area contributed by atoms with Crippen LogP contribution in [0.5, 0.6) is 0 Å². The summed E-state index contributed by atoms with van der Waals surface area (Å²) in [7, 11) is 0. The number of urea groups is 1.